The second-order valence-electron chi connectivity index (χ2n) is 5.19. The van der Waals surface area contributed by atoms with Gasteiger partial charge < -0.3 is 10.2 Å². The Morgan fingerprint density at radius 1 is 1.45 bits per heavy atom. The maximum Gasteiger partial charge on any atom is 0.254 e. The average molecular weight is 358 g/mol. The summed E-state index contributed by atoms with van der Waals surface area (Å²) in [6.45, 7) is 1.26. The Hall–Kier alpha value is -1.07. The van der Waals surface area contributed by atoms with Crippen LogP contribution in [0.1, 0.15) is 23.2 Å². The molecule has 4 nitrogen and oxygen atoms in total. The van der Waals surface area contributed by atoms with Gasteiger partial charge in [-0.3, -0.25) is 9.59 Å². The van der Waals surface area contributed by atoms with Gasteiger partial charge in [0.2, 0.25) is 5.91 Å². The molecule has 1 aromatic carbocycles. The highest BCUT2D eigenvalue weighted by Gasteiger charge is 2.42. The maximum absolute atomic E-state index is 12.6. The summed E-state index contributed by atoms with van der Waals surface area (Å²) in [5, 5.41) is 3.43. The lowest BCUT2D eigenvalue weighted by Crippen LogP contribution is -2.48. The van der Waals surface area contributed by atoms with Crippen LogP contribution in [0, 0.1) is 5.92 Å². The van der Waals surface area contributed by atoms with Crippen molar-refractivity contribution in [1.82, 2.24) is 10.2 Å². The van der Waals surface area contributed by atoms with Crippen molar-refractivity contribution >= 4 is 39.3 Å². The first-order chi connectivity index (χ1) is 9.58. The van der Waals surface area contributed by atoms with Crippen molar-refractivity contribution in [3.63, 3.8) is 0 Å². The number of carbonyl (C=O) groups excluding carboxylic acids is 2. The van der Waals surface area contributed by atoms with Crippen LogP contribution in [0.5, 0.6) is 0 Å². The summed E-state index contributed by atoms with van der Waals surface area (Å²) in [5.74, 6) is -0.0122. The van der Waals surface area contributed by atoms with Crippen LogP contribution in [0.15, 0.2) is 22.7 Å². The molecular weight excluding hydrogens is 344 g/mol. The third-order valence-corrected chi connectivity index (χ3v) is 5.24. The van der Waals surface area contributed by atoms with E-state index in [0.717, 1.165) is 12.8 Å². The van der Waals surface area contributed by atoms with Gasteiger partial charge in [0.1, 0.15) is 0 Å². The molecule has 2 saturated heterocycles. The molecule has 0 radical (unpaired) electrons. The summed E-state index contributed by atoms with van der Waals surface area (Å²) in [6.07, 6.45) is 1.74. The molecule has 0 saturated carbocycles. The molecule has 2 heterocycles. The first kappa shape index (κ1) is 13.9. The highest BCUT2D eigenvalue weighted by Crippen LogP contribution is 2.30. The van der Waals surface area contributed by atoms with E-state index in [2.05, 4.69) is 21.2 Å². The molecule has 3 rings (SSSR count). The Bertz CT molecular complexity index is 578. The van der Waals surface area contributed by atoms with Gasteiger partial charge in [0.15, 0.2) is 0 Å². The summed E-state index contributed by atoms with van der Waals surface area (Å²) < 4.78 is 0.708. The third-order valence-electron chi connectivity index (χ3n) is 4.03. The molecule has 106 valence electrons. The number of halogens is 2. The highest BCUT2D eigenvalue weighted by atomic mass is 79.9. The fourth-order valence-electron chi connectivity index (χ4n) is 3.00. The molecule has 2 aliphatic heterocycles. The average Bonchev–Trinajstić information content (AvgIpc) is 2.83. The number of hydrogen-bond donors (Lipinski definition) is 1. The minimum Gasteiger partial charge on any atom is -0.354 e. The van der Waals surface area contributed by atoms with Gasteiger partial charge >= 0.3 is 0 Å². The van der Waals surface area contributed by atoms with E-state index in [4.69, 9.17) is 11.6 Å². The van der Waals surface area contributed by atoms with E-state index in [-0.39, 0.29) is 23.8 Å². The van der Waals surface area contributed by atoms with Gasteiger partial charge in [0.25, 0.3) is 5.91 Å². The first-order valence-electron chi connectivity index (χ1n) is 6.61. The Morgan fingerprint density at radius 2 is 2.25 bits per heavy atom. The van der Waals surface area contributed by atoms with E-state index >= 15 is 0 Å². The lowest BCUT2D eigenvalue weighted by atomic mass is 9.91. The molecule has 0 aromatic heterocycles. The second kappa shape index (κ2) is 5.37. The molecule has 1 aromatic rings. The van der Waals surface area contributed by atoms with Crippen LogP contribution in [-0.2, 0) is 4.79 Å². The number of likely N-dealkylation sites (tertiary alicyclic amines) is 1. The molecule has 2 unspecified atom stereocenters. The van der Waals surface area contributed by atoms with Crippen molar-refractivity contribution in [3.05, 3.63) is 33.3 Å². The normalized spacial score (nSPS) is 25.3. The van der Waals surface area contributed by atoms with E-state index in [0.29, 0.717) is 28.1 Å². The zero-order chi connectivity index (χ0) is 14.3. The van der Waals surface area contributed by atoms with Crippen LogP contribution in [0.25, 0.3) is 0 Å². The monoisotopic (exact) mass is 356 g/mol. The summed E-state index contributed by atoms with van der Waals surface area (Å²) in [5.41, 5.74) is 0.598. The molecule has 1 N–H and O–H groups in total. The number of nitrogens with zero attached hydrogens (tertiary/aromatic N) is 1. The smallest absolute Gasteiger partial charge is 0.254 e. The van der Waals surface area contributed by atoms with E-state index in [1.54, 1.807) is 18.2 Å². The summed E-state index contributed by atoms with van der Waals surface area (Å²) >= 11 is 9.29. The van der Waals surface area contributed by atoms with Gasteiger partial charge in [-0.2, -0.15) is 0 Å². The van der Waals surface area contributed by atoms with Gasteiger partial charge in [0, 0.05) is 23.1 Å². The fraction of sp³-hybridized carbons (Fsp3) is 0.429. The van der Waals surface area contributed by atoms with E-state index in [1.165, 1.54) is 0 Å². The van der Waals surface area contributed by atoms with Crippen LogP contribution in [0.4, 0.5) is 0 Å². The quantitative estimate of drug-likeness (QED) is 0.839. The molecule has 2 amide bonds. The maximum atomic E-state index is 12.6. The van der Waals surface area contributed by atoms with E-state index < -0.39 is 0 Å². The number of benzene rings is 1. The molecule has 6 heteroatoms. The van der Waals surface area contributed by atoms with Gasteiger partial charge in [-0.05, 0) is 47.0 Å². The predicted octanol–water partition coefficient (Wildman–Crippen LogP) is 2.45. The van der Waals surface area contributed by atoms with Crippen LogP contribution >= 0.6 is 27.5 Å². The Kier molecular flexibility index (Phi) is 3.73. The van der Waals surface area contributed by atoms with E-state index in [1.807, 2.05) is 4.90 Å². The molecule has 0 aliphatic carbocycles. The Balaban J connectivity index is 1.86. The first-order valence-corrected chi connectivity index (χ1v) is 7.79. The molecule has 0 spiro atoms. The van der Waals surface area contributed by atoms with Crippen molar-refractivity contribution in [1.29, 1.82) is 0 Å². The Labute approximate surface area is 130 Å². The standard InChI is InChI=1S/C14H14BrClN2O2/c15-10-6-8(3-4-11(10)16)14(20)18-5-1-2-9-12(18)7-17-13(9)19/h3-4,6,9,12H,1-2,5,7H2,(H,17,19). The predicted molar refractivity (Wildman–Crippen MR) is 79.7 cm³/mol. The van der Waals surface area contributed by atoms with Crippen molar-refractivity contribution in [2.45, 2.75) is 18.9 Å². The van der Waals surface area contributed by atoms with Crippen molar-refractivity contribution < 1.29 is 9.59 Å². The van der Waals surface area contributed by atoms with Gasteiger partial charge in [-0.1, -0.05) is 11.6 Å². The largest absolute Gasteiger partial charge is 0.354 e. The fourth-order valence-corrected chi connectivity index (χ4v) is 3.49. The molecule has 20 heavy (non-hydrogen) atoms. The zero-order valence-corrected chi connectivity index (χ0v) is 13.1. The summed E-state index contributed by atoms with van der Waals surface area (Å²) in [6, 6.07) is 5.15. The van der Waals surface area contributed by atoms with Crippen molar-refractivity contribution in [2.24, 2.45) is 5.92 Å². The lowest BCUT2D eigenvalue weighted by Gasteiger charge is -2.36. The number of amides is 2. The number of piperidine rings is 1. The SMILES string of the molecule is O=C1NCC2C1CCCN2C(=O)c1ccc(Cl)c(Br)c1. The van der Waals surface area contributed by atoms with Gasteiger partial charge in [0.05, 0.1) is 17.0 Å². The third kappa shape index (κ3) is 2.33. The number of nitrogens with one attached hydrogen (secondary N) is 1. The highest BCUT2D eigenvalue weighted by molar-refractivity contribution is 9.10. The number of fused-ring (bicyclic) bond motifs is 1. The van der Waals surface area contributed by atoms with Gasteiger partial charge in [-0.25, -0.2) is 0 Å². The minimum atomic E-state index is -0.0524. The molecule has 2 aliphatic rings. The Morgan fingerprint density at radius 3 is 3.00 bits per heavy atom. The molecular formula is C14H14BrClN2O2. The molecule has 2 atom stereocenters. The number of carbonyl (C=O) groups is 2. The van der Waals surface area contributed by atoms with Crippen LogP contribution < -0.4 is 5.32 Å². The molecule has 2 fully saturated rings. The van der Waals surface area contributed by atoms with Crippen molar-refractivity contribution in [3.8, 4) is 0 Å². The van der Waals surface area contributed by atoms with Crippen LogP contribution in [-0.4, -0.2) is 35.8 Å². The second-order valence-corrected chi connectivity index (χ2v) is 6.45. The van der Waals surface area contributed by atoms with Crippen LogP contribution in [0.3, 0.4) is 0 Å². The summed E-state index contributed by atoms with van der Waals surface area (Å²) in [7, 11) is 0. The topological polar surface area (TPSA) is 49.4 Å². The van der Waals surface area contributed by atoms with E-state index in [9.17, 15) is 9.59 Å². The number of rotatable bonds is 1. The summed E-state index contributed by atoms with van der Waals surface area (Å²) in [4.78, 5) is 26.2. The minimum absolute atomic E-state index is 0.0156. The van der Waals surface area contributed by atoms with Gasteiger partial charge in [-0.15, -0.1) is 0 Å². The number of hydrogen-bond acceptors (Lipinski definition) is 2. The lowest BCUT2D eigenvalue weighted by molar-refractivity contribution is -0.123. The molecule has 0 bridgehead atoms. The zero-order valence-electron chi connectivity index (χ0n) is 10.7. The van der Waals surface area contributed by atoms with Crippen LogP contribution in [0.2, 0.25) is 5.02 Å². The van der Waals surface area contributed by atoms with Crippen molar-refractivity contribution in [2.75, 3.05) is 13.1 Å².